The van der Waals surface area contributed by atoms with E-state index in [0.29, 0.717) is 55.7 Å². The summed E-state index contributed by atoms with van der Waals surface area (Å²) in [5, 5.41) is 11.9. The number of rotatable bonds is 11. The second-order valence-electron chi connectivity index (χ2n) is 8.19. The van der Waals surface area contributed by atoms with Gasteiger partial charge < -0.3 is 19.9 Å². The van der Waals surface area contributed by atoms with Crippen LogP contribution in [-0.2, 0) is 4.79 Å². The van der Waals surface area contributed by atoms with Crippen LogP contribution >= 0.6 is 0 Å². The van der Waals surface area contributed by atoms with Gasteiger partial charge in [-0.1, -0.05) is 0 Å². The van der Waals surface area contributed by atoms with Crippen LogP contribution in [0.3, 0.4) is 0 Å². The first kappa shape index (κ1) is 24.3. The molecule has 7 heteroatoms. The highest BCUT2D eigenvalue weighted by Crippen LogP contribution is 2.28. The molecule has 0 saturated heterocycles. The number of amides is 1. The number of nitrogens with one attached hydrogen (secondary N) is 1. The Labute approximate surface area is 194 Å². The highest BCUT2D eigenvalue weighted by molar-refractivity contribution is 5.96. The van der Waals surface area contributed by atoms with Gasteiger partial charge in [0.15, 0.2) is 5.78 Å². The molecule has 0 aliphatic heterocycles. The van der Waals surface area contributed by atoms with Crippen molar-refractivity contribution in [2.75, 3.05) is 13.2 Å². The van der Waals surface area contributed by atoms with Crippen molar-refractivity contribution in [1.29, 1.82) is 0 Å². The monoisotopic (exact) mass is 453 g/mol. The van der Waals surface area contributed by atoms with Crippen molar-refractivity contribution in [3.63, 3.8) is 0 Å². The number of ether oxygens (including phenoxy) is 2. The van der Waals surface area contributed by atoms with E-state index in [1.165, 1.54) is 0 Å². The van der Waals surface area contributed by atoms with E-state index in [1.807, 2.05) is 6.92 Å². The normalized spacial score (nSPS) is 17.7. The molecule has 0 aromatic heterocycles. The van der Waals surface area contributed by atoms with Crippen molar-refractivity contribution in [3.05, 3.63) is 59.7 Å². The first-order chi connectivity index (χ1) is 16.0. The predicted molar refractivity (Wildman–Crippen MR) is 124 cm³/mol. The van der Waals surface area contributed by atoms with Crippen molar-refractivity contribution in [2.45, 2.75) is 51.6 Å². The molecule has 176 valence electrons. The topological polar surface area (TPSA) is 102 Å². The van der Waals surface area contributed by atoms with Crippen molar-refractivity contribution >= 4 is 17.7 Å². The van der Waals surface area contributed by atoms with E-state index in [-0.39, 0.29) is 23.7 Å². The van der Waals surface area contributed by atoms with E-state index < -0.39 is 5.97 Å². The van der Waals surface area contributed by atoms with Crippen LogP contribution in [0, 0.1) is 5.92 Å². The van der Waals surface area contributed by atoms with E-state index in [2.05, 4.69) is 5.32 Å². The molecule has 1 fully saturated rings. The van der Waals surface area contributed by atoms with Gasteiger partial charge in [0.25, 0.3) is 5.91 Å². The molecule has 0 spiro atoms. The molecule has 33 heavy (non-hydrogen) atoms. The van der Waals surface area contributed by atoms with Crippen LogP contribution < -0.4 is 14.8 Å². The maximum Gasteiger partial charge on any atom is 0.306 e. The van der Waals surface area contributed by atoms with Gasteiger partial charge in [0.1, 0.15) is 11.5 Å². The summed E-state index contributed by atoms with van der Waals surface area (Å²) in [6.45, 7) is 2.89. The Bertz CT molecular complexity index is 930. The standard InChI is InChI=1S/C26H31NO6/c1-2-32-21-11-7-19(8-12-21)25(29)27-17-3-4-24(28)18-5-13-22(14-6-18)33-23-15-9-20(10-16-23)26(30)31/h5-8,11-14,20,23H,2-4,9-10,15-17H2,1H3,(H,27,29)(H,30,31). The van der Waals surface area contributed by atoms with Gasteiger partial charge in [-0.05, 0) is 87.6 Å². The molecule has 1 amide bonds. The Hall–Kier alpha value is -3.35. The quantitative estimate of drug-likeness (QED) is 0.384. The number of aliphatic carboxylic acids is 1. The minimum atomic E-state index is -0.730. The minimum Gasteiger partial charge on any atom is -0.494 e. The van der Waals surface area contributed by atoms with Crippen LogP contribution in [0.15, 0.2) is 48.5 Å². The van der Waals surface area contributed by atoms with Crippen molar-refractivity contribution in [2.24, 2.45) is 5.92 Å². The molecule has 0 heterocycles. The van der Waals surface area contributed by atoms with Crippen LogP contribution in [0.4, 0.5) is 0 Å². The number of ketones is 1. The second-order valence-corrected chi connectivity index (χ2v) is 8.19. The third-order valence-corrected chi connectivity index (χ3v) is 5.80. The molecule has 7 nitrogen and oxygen atoms in total. The lowest BCUT2D eigenvalue weighted by Crippen LogP contribution is -2.27. The van der Waals surface area contributed by atoms with Crippen molar-refractivity contribution < 1.29 is 29.0 Å². The summed E-state index contributed by atoms with van der Waals surface area (Å²) in [6.07, 6.45) is 3.61. The number of hydrogen-bond acceptors (Lipinski definition) is 5. The van der Waals surface area contributed by atoms with Gasteiger partial charge in [-0.3, -0.25) is 14.4 Å². The van der Waals surface area contributed by atoms with Gasteiger partial charge in [-0.15, -0.1) is 0 Å². The van der Waals surface area contributed by atoms with E-state index in [4.69, 9.17) is 14.6 Å². The van der Waals surface area contributed by atoms with E-state index in [1.54, 1.807) is 48.5 Å². The summed E-state index contributed by atoms with van der Waals surface area (Å²) in [5.74, 6) is 0.250. The molecule has 1 aliphatic rings. The van der Waals surface area contributed by atoms with Gasteiger partial charge in [0.2, 0.25) is 0 Å². The SMILES string of the molecule is CCOc1ccc(C(=O)NCCCC(=O)c2ccc(OC3CCC(C(=O)O)CC3)cc2)cc1. The number of carboxylic acid groups (broad SMARTS) is 1. The summed E-state index contributed by atoms with van der Waals surface area (Å²) >= 11 is 0. The molecule has 2 aromatic carbocycles. The Morgan fingerprint density at radius 2 is 1.52 bits per heavy atom. The molecule has 0 radical (unpaired) electrons. The third-order valence-electron chi connectivity index (χ3n) is 5.80. The summed E-state index contributed by atoms with van der Waals surface area (Å²) in [7, 11) is 0. The molecular weight excluding hydrogens is 422 g/mol. The zero-order valence-electron chi connectivity index (χ0n) is 18.9. The summed E-state index contributed by atoms with van der Waals surface area (Å²) in [5.41, 5.74) is 1.16. The first-order valence-electron chi connectivity index (χ1n) is 11.5. The largest absolute Gasteiger partial charge is 0.494 e. The van der Waals surface area contributed by atoms with Gasteiger partial charge >= 0.3 is 5.97 Å². The first-order valence-corrected chi connectivity index (χ1v) is 11.5. The molecule has 0 atom stereocenters. The van der Waals surface area contributed by atoms with Crippen LogP contribution in [0.25, 0.3) is 0 Å². The number of Topliss-reactive ketones (excluding diaryl/α,β-unsaturated/α-hetero) is 1. The fourth-order valence-electron chi connectivity index (χ4n) is 3.91. The fourth-order valence-corrected chi connectivity index (χ4v) is 3.91. The Morgan fingerprint density at radius 1 is 0.909 bits per heavy atom. The highest BCUT2D eigenvalue weighted by Gasteiger charge is 2.26. The molecular formula is C26H31NO6. The van der Waals surface area contributed by atoms with Gasteiger partial charge in [-0.25, -0.2) is 0 Å². The van der Waals surface area contributed by atoms with Crippen LogP contribution in [0.5, 0.6) is 11.5 Å². The lowest BCUT2D eigenvalue weighted by molar-refractivity contribution is -0.143. The average molecular weight is 454 g/mol. The molecule has 1 aliphatic carbocycles. The fraction of sp³-hybridized carbons (Fsp3) is 0.423. The number of benzene rings is 2. The van der Waals surface area contributed by atoms with Crippen LogP contribution in [0.1, 0.15) is 66.2 Å². The maximum atomic E-state index is 12.4. The van der Waals surface area contributed by atoms with Crippen LogP contribution in [0.2, 0.25) is 0 Å². The zero-order valence-corrected chi connectivity index (χ0v) is 18.9. The van der Waals surface area contributed by atoms with Crippen molar-refractivity contribution in [3.8, 4) is 11.5 Å². The summed E-state index contributed by atoms with van der Waals surface area (Å²) in [6, 6.07) is 14.0. The van der Waals surface area contributed by atoms with E-state index in [0.717, 1.165) is 18.6 Å². The van der Waals surface area contributed by atoms with E-state index >= 15 is 0 Å². The smallest absolute Gasteiger partial charge is 0.306 e. The predicted octanol–water partition coefficient (Wildman–Crippen LogP) is 4.50. The van der Waals surface area contributed by atoms with Gasteiger partial charge in [0.05, 0.1) is 18.6 Å². The van der Waals surface area contributed by atoms with Gasteiger partial charge in [0, 0.05) is 24.1 Å². The minimum absolute atomic E-state index is 0.0128. The van der Waals surface area contributed by atoms with E-state index in [9.17, 15) is 14.4 Å². The van der Waals surface area contributed by atoms with Crippen LogP contribution in [-0.4, -0.2) is 42.0 Å². The lowest BCUT2D eigenvalue weighted by atomic mass is 9.87. The molecule has 0 bridgehead atoms. The number of hydrogen-bond donors (Lipinski definition) is 2. The molecule has 2 aromatic rings. The lowest BCUT2D eigenvalue weighted by Gasteiger charge is -2.26. The molecule has 0 unspecified atom stereocenters. The average Bonchev–Trinajstić information content (AvgIpc) is 2.83. The Balaban J connectivity index is 1.37. The molecule has 1 saturated carbocycles. The summed E-state index contributed by atoms with van der Waals surface area (Å²) in [4.78, 5) is 35.7. The third kappa shape index (κ3) is 7.34. The number of carboxylic acids is 1. The number of carbonyl (C=O) groups excluding carboxylic acids is 2. The number of carbonyl (C=O) groups is 3. The highest BCUT2D eigenvalue weighted by atomic mass is 16.5. The van der Waals surface area contributed by atoms with Crippen molar-refractivity contribution in [1.82, 2.24) is 5.32 Å². The Kier molecular flexibility index (Phi) is 8.87. The molecule has 2 N–H and O–H groups in total. The maximum absolute atomic E-state index is 12.4. The Morgan fingerprint density at radius 3 is 2.12 bits per heavy atom. The zero-order chi connectivity index (χ0) is 23.6. The molecule has 3 rings (SSSR count). The van der Waals surface area contributed by atoms with Gasteiger partial charge in [-0.2, -0.15) is 0 Å². The summed E-state index contributed by atoms with van der Waals surface area (Å²) < 4.78 is 11.3. The second kappa shape index (κ2) is 12.0.